The first-order chi connectivity index (χ1) is 9.20. The standard InChI is InChI=1S/C16H17NOS/c1-2-5-12-6-3-4-7-15(12)17-16(18)13-8-10-14(19)11-9-13/h3-4,6-11,19H,2,5H2,1H3,(H,17,18). The molecule has 0 aliphatic heterocycles. The maximum Gasteiger partial charge on any atom is 0.255 e. The van der Waals surface area contributed by atoms with Crippen molar-refractivity contribution in [3.63, 3.8) is 0 Å². The fraction of sp³-hybridized carbons (Fsp3) is 0.188. The number of nitrogens with one attached hydrogen (secondary N) is 1. The SMILES string of the molecule is CCCc1ccccc1NC(=O)c1ccc(S)cc1. The maximum absolute atomic E-state index is 12.1. The molecule has 0 unspecified atom stereocenters. The van der Waals surface area contributed by atoms with Crippen molar-refractivity contribution < 1.29 is 4.79 Å². The van der Waals surface area contributed by atoms with E-state index in [9.17, 15) is 4.79 Å². The summed E-state index contributed by atoms with van der Waals surface area (Å²) in [6.07, 6.45) is 2.02. The molecule has 2 rings (SSSR count). The van der Waals surface area contributed by atoms with Crippen molar-refractivity contribution in [3.8, 4) is 0 Å². The van der Waals surface area contributed by atoms with Gasteiger partial charge in [0.05, 0.1) is 0 Å². The van der Waals surface area contributed by atoms with E-state index in [-0.39, 0.29) is 5.91 Å². The lowest BCUT2D eigenvalue weighted by atomic mass is 10.1. The molecule has 0 aliphatic rings. The van der Waals surface area contributed by atoms with Crippen LogP contribution in [0.4, 0.5) is 5.69 Å². The second-order valence-electron chi connectivity index (χ2n) is 4.41. The lowest BCUT2D eigenvalue weighted by Gasteiger charge is -2.10. The Kier molecular flexibility index (Phi) is 4.63. The minimum Gasteiger partial charge on any atom is -0.322 e. The Morgan fingerprint density at radius 1 is 1.11 bits per heavy atom. The summed E-state index contributed by atoms with van der Waals surface area (Å²) in [5.41, 5.74) is 2.71. The maximum atomic E-state index is 12.1. The van der Waals surface area contributed by atoms with E-state index in [0.29, 0.717) is 5.56 Å². The van der Waals surface area contributed by atoms with Gasteiger partial charge in [0.15, 0.2) is 0 Å². The van der Waals surface area contributed by atoms with Crippen molar-refractivity contribution in [2.75, 3.05) is 5.32 Å². The van der Waals surface area contributed by atoms with Gasteiger partial charge in [-0.25, -0.2) is 0 Å². The molecule has 1 N–H and O–H groups in total. The van der Waals surface area contributed by atoms with E-state index < -0.39 is 0 Å². The van der Waals surface area contributed by atoms with E-state index in [2.05, 4.69) is 30.9 Å². The van der Waals surface area contributed by atoms with Gasteiger partial charge >= 0.3 is 0 Å². The summed E-state index contributed by atoms with van der Waals surface area (Å²) in [5.74, 6) is -0.0862. The van der Waals surface area contributed by atoms with Gasteiger partial charge in [-0.15, -0.1) is 12.6 Å². The number of thiol groups is 1. The van der Waals surface area contributed by atoms with Crippen LogP contribution in [-0.4, -0.2) is 5.91 Å². The lowest BCUT2D eigenvalue weighted by molar-refractivity contribution is 0.102. The van der Waals surface area contributed by atoms with Crippen LogP contribution in [0.3, 0.4) is 0 Å². The van der Waals surface area contributed by atoms with Gasteiger partial charge in [0.2, 0.25) is 0 Å². The summed E-state index contributed by atoms with van der Waals surface area (Å²) < 4.78 is 0. The second kappa shape index (κ2) is 6.43. The zero-order valence-electron chi connectivity index (χ0n) is 10.9. The summed E-state index contributed by atoms with van der Waals surface area (Å²) in [5, 5.41) is 2.97. The molecule has 19 heavy (non-hydrogen) atoms. The molecule has 0 heterocycles. The third-order valence-corrected chi connectivity index (χ3v) is 3.21. The number of anilines is 1. The first kappa shape index (κ1) is 13.7. The molecular formula is C16H17NOS. The first-order valence-electron chi connectivity index (χ1n) is 6.39. The molecule has 0 spiro atoms. The van der Waals surface area contributed by atoms with Gasteiger partial charge < -0.3 is 5.32 Å². The van der Waals surface area contributed by atoms with Crippen LogP contribution >= 0.6 is 12.6 Å². The summed E-state index contributed by atoms with van der Waals surface area (Å²) in [6.45, 7) is 2.13. The molecule has 0 fully saturated rings. The number of hydrogen-bond donors (Lipinski definition) is 2. The number of carbonyl (C=O) groups excluding carboxylic acids is 1. The van der Waals surface area contributed by atoms with E-state index in [0.717, 1.165) is 23.4 Å². The van der Waals surface area contributed by atoms with Crippen molar-refractivity contribution >= 4 is 24.2 Å². The van der Waals surface area contributed by atoms with Gasteiger partial charge in [-0.05, 0) is 42.3 Å². The molecule has 2 nitrogen and oxygen atoms in total. The van der Waals surface area contributed by atoms with E-state index in [1.165, 1.54) is 5.56 Å². The largest absolute Gasteiger partial charge is 0.322 e. The van der Waals surface area contributed by atoms with Crippen LogP contribution in [-0.2, 0) is 6.42 Å². The van der Waals surface area contributed by atoms with Crippen LogP contribution in [0.5, 0.6) is 0 Å². The highest BCUT2D eigenvalue weighted by Crippen LogP contribution is 2.18. The highest BCUT2D eigenvalue weighted by Gasteiger charge is 2.08. The molecule has 2 aromatic carbocycles. The number of hydrogen-bond acceptors (Lipinski definition) is 2. The average Bonchev–Trinajstić information content (AvgIpc) is 2.42. The Labute approximate surface area is 119 Å². The zero-order chi connectivity index (χ0) is 13.7. The van der Waals surface area contributed by atoms with E-state index in [4.69, 9.17) is 0 Å². The predicted molar refractivity (Wildman–Crippen MR) is 82.1 cm³/mol. The summed E-state index contributed by atoms with van der Waals surface area (Å²) in [7, 11) is 0. The third-order valence-electron chi connectivity index (χ3n) is 2.91. The summed E-state index contributed by atoms with van der Waals surface area (Å²) in [6, 6.07) is 15.1. The fourth-order valence-corrected chi connectivity index (χ4v) is 2.09. The number of rotatable bonds is 4. The van der Waals surface area contributed by atoms with Crippen LogP contribution < -0.4 is 5.32 Å². The molecule has 98 valence electrons. The lowest BCUT2D eigenvalue weighted by Crippen LogP contribution is -2.13. The minimum atomic E-state index is -0.0862. The van der Waals surface area contributed by atoms with Crippen LogP contribution in [0.2, 0.25) is 0 Å². The van der Waals surface area contributed by atoms with E-state index >= 15 is 0 Å². The minimum absolute atomic E-state index is 0.0862. The normalized spacial score (nSPS) is 10.2. The van der Waals surface area contributed by atoms with Gasteiger partial charge in [0.1, 0.15) is 0 Å². The Bertz CT molecular complexity index is 563. The number of carbonyl (C=O) groups is 1. The molecule has 0 bridgehead atoms. The third kappa shape index (κ3) is 3.61. The predicted octanol–water partition coefficient (Wildman–Crippen LogP) is 4.18. The van der Waals surface area contributed by atoms with Gasteiger partial charge in [0, 0.05) is 16.1 Å². The Balaban J connectivity index is 2.16. The van der Waals surface area contributed by atoms with Crippen LogP contribution in [0.25, 0.3) is 0 Å². The van der Waals surface area contributed by atoms with E-state index in [1.807, 2.05) is 30.3 Å². The molecule has 2 aromatic rings. The first-order valence-corrected chi connectivity index (χ1v) is 6.83. The molecule has 0 aliphatic carbocycles. The van der Waals surface area contributed by atoms with Gasteiger partial charge in [-0.1, -0.05) is 31.5 Å². The summed E-state index contributed by atoms with van der Waals surface area (Å²) in [4.78, 5) is 13.0. The monoisotopic (exact) mass is 271 g/mol. The Morgan fingerprint density at radius 3 is 2.47 bits per heavy atom. The van der Waals surface area contributed by atoms with Crippen molar-refractivity contribution in [2.45, 2.75) is 24.7 Å². The topological polar surface area (TPSA) is 29.1 Å². The van der Waals surface area contributed by atoms with Crippen molar-refractivity contribution in [3.05, 3.63) is 59.7 Å². The number of para-hydroxylation sites is 1. The van der Waals surface area contributed by atoms with Crippen LogP contribution in [0.15, 0.2) is 53.4 Å². The second-order valence-corrected chi connectivity index (χ2v) is 4.92. The molecular weight excluding hydrogens is 254 g/mol. The van der Waals surface area contributed by atoms with E-state index in [1.54, 1.807) is 12.1 Å². The quantitative estimate of drug-likeness (QED) is 0.803. The van der Waals surface area contributed by atoms with Crippen molar-refractivity contribution in [1.82, 2.24) is 0 Å². The Hall–Kier alpha value is -1.74. The molecule has 0 radical (unpaired) electrons. The zero-order valence-corrected chi connectivity index (χ0v) is 11.8. The van der Waals surface area contributed by atoms with Crippen LogP contribution in [0, 0.1) is 0 Å². The molecule has 0 aromatic heterocycles. The Morgan fingerprint density at radius 2 is 1.79 bits per heavy atom. The number of amides is 1. The highest BCUT2D eigenvalue weighted by molar-refractivity contribution is 7.80. The van der Waals surface area contributed by atoms with Crippen molar-refractivity contribution in [1.29, 1.82) is 0 Å². The smallest absolute Gasteiger partial charge is 0.255 e. The summed E-state index contributed by atoms with van der Waals surface area (Å²) >= 11 is 4.21. The van der Waals surface area contributed by atoms with Crippen LogP contribution in [0.1, 0.15) is 29.3 Å². The molecule has 0 saturated heterocycles. The number of aryl methyl sites for hydroxylation is 1. The number of benzene rings is 2. The van der Waals surface area contributed by atoms with Gasteiger partial charge in [0.25, 0.3) is 5.91 Å². The molecule has 1 amide bonds. The molecule has 3 heteroatoms. The molecule has 0 saturated carbocycles. The highest BCUT2D eigenvalue weighted by atomic mass is 32.1. The van der Waals surface area contributed by atoms with Crippen molar-refractivity contribution in [2.24, 2.45) is 0 Å². The van der Waals surface area contributed by atoms with Gasteiger partial charge in [-0.3, -0.25) is 4.79 Å². The fourth-order valence-electron chi connectivity index (χ4n) is 1.94. The molecule has 0 atom stereocenters. The average molecular weight is 271 g/mol. The van der Waals surface area contributed by atoms with Gasteiger partial charge in [-0.2, -0.15) is 0 Å².